The zero-order chi connectivity index (χ0) is 21.4. The van der Waals surface area contributed by atoms with E-state index in [9.17, 15) is 14.9 Å². The molecule has 0 aliphatic heterocycles. The highest BCUT2D eigenvalue weighted by molar-refractivity contribution is 7.99. The molecule has 2 amide bonds. The van der Waals surface area contributed by atoms with Gasteiger partial charge in [0.2, 0.25) is 11.8 Å². The quantitative estimate of drug-likeness (QED) is 0.459. The number of nitrogens with two attached hydrogens (primary N) is 1. The zero-order valence-electron chi connectivity index (χ0n) is 16.8. The second-order valence-electron chi connectivity index (χ2n) is 7.48. The van der Waals surface area contributed by atoms with E-state index in [1.807, 2.05) is 10.6 Å². The van der Waals surface area contributed by atoms with Gasteiger partial charge in [-0.3, -0.25) is 14.2 Å². The van der Waals surface area contributed by atoms with Crippen molar-refractivity contribution in [1.82, 2.24) is 20.1 Å². The molecule has 160 valence electrons. The Balaban J connectivity index is 1.67. The minimum atomic E-state index is -0.775. The molecule has 0 aromatic carbocycles. The molecular weight excluding hydrogens is 404 g/mol. The van der Waals surface area contributed by atoms with Gasteiger partial charge in [-0.1, -0.05) is 37.4 Å². The average molecular weight is 431 g/mol. The molecule has 10 heteroatoms. The molecule has 2 heterocycles. The third-order valence-corrected chi connectivity index (χ3v) is 6.13. The molecule has 1 fully saturated rings. The molecule has 2 aromatic heterocycles. The van der Waals surface area contributed by atoms with Gasteiger partial charge in [-0.2, -0.15) is 5.26 Å². The van der Waals surface area contributed by atoms with Crippen molar-refractivity contribution in [3.8, 4) is 6.07 Å². The predicted octanol–water partition coefficient (Wildman–Crippen LogP) is 2.16. The fourth-order valence-electron chi connectivity index (χ4n) is 3.59. The molecule has 0 atom stereocenters. The van der Waals surface area contributed by atoms with Gasteiger partial charge in [0.1, 0.15) is 17.1 Å². The van der Waals surface area contributed by atoms with Crippen molar-refractivity contribution in [3.63, 3.8) is 0 Å². The maximum Gasteiger partial charge on any atom is 0.231 e. The molecule has 9 nitrogen and oxygen atoms in total. The van der Waals surface area contributed by atoms with Crippen LogP contribution in [0.5, 0.6) is 0 Å². The summed E-state index contributed by atoms with van der Waals surface area (Å²) in [7, 11) is 0. The summed E-state index contributed by atoms with van der Waals surface area (Å²) < 4.78 is 7.24. The van der Waals surface area contributed by atoms with Crippen molar-refractivity contribution in [1.29, 1.82) is 5.26 Å². The summed E-state index contributed by atoms with van der Waals surface area (Å²) in [6.45, 7) is 0.389. The number of carbonyl (C=O) groups excluding carboxylic acids is 2. The highest BCUT2D eigenvalue weighted by Crippen LogP contribution is 2.27. The number of nitrogens with one attached hydrogen (secondary N) is 1. The van der Waals surface area contributed by atoms with Gasteiger partial charge >= 0.3 is 0 Å². The number of aryl methyl sites for hydroxylation is 1. The van der Waals surface area contributed by atoms with Crippen LogP contribution in [0.1, 0.15) is 56.5 Å². The number of carbonyl (C=O) groups is 2. The smallest absolute Gasteiger partial charge is 0.231 e. The lowest BCUT2D eigenvalue weighted by atomic mass is 9.92. The Morgan fingerprint density at radius 3 is 2.70 bits per heavy atom. The second kappa shape index (κ2) is 10.3. The number of furan rings is 1. The standard InChI is InChI=1S/C20H26N6O3S/c21-14-20(9-3-1-2-4-10-20)23-18(28)13-30-19-25-24-17(8-7-16(22)27)26(19)12-15-6-5-11-29-15/h5-6,11H,1-4,7-10,12-13H2,(H2,22,27)(H,23,28). The van der Waals surface area contributed by atoms with Gasteiger partial charge in [0, 0.05) is 12.8 Å². The van der Waals surface area contributed by atoms with Crippen LogP contribution in [-0.4, -0.2) is 37.9 Å². The Hall–Kier alpha value is -2.80. The van der Waals surface area contributed by atoms with Crippen LogP contribution in [0.3, 0.4) is 0 Å². The number of amides is 2. The van der Waals surface area contributed by atoms with Crippen LogP contribution >= 0.6 is 11.8 Å². The summed E-state index contributed by atoms with van der Waals surface area (Å²) in [5.41, 5.74) is 4.48. The van der Waals surface area contributed by atoms with E-state index in [1.165, 1.54) is 11.8 Å². The van der Waals surface area contributed by atoms with Crippen LogP contribution in [-0.2, 0) is 22.6 Å². The van der Waals surface area contributed by atoms with Crippen LogP contribution in [0.15, 0.2) is 28.0 Å². The van der Waals surface area contributed by atoms with Crippen molar-refractivity contribution in [2.75, 3.05) is 5.75 Å². The maximum atomic E-state index is 12.6. The molecule has 0 spiro atoms. The molecule has 30 heavy (non-hydrogen) atoms. The van der Waals surface area contributed by atoms with Crippen molar-refractivity contribution < 1.29 is 14.0 Å². The number of hydrogen-bond acceptors (Lipinski definition) is 7. The summed E-state index contributed by atoms with van der Waals surface area (Å²) in [4.78, 5) is 23.7. The minimum Gasteiger partial charge on any atom is -0.467 e. The average Bonchev–Trinajstić information content (AvgIpc) is 3.31. The van der Waals surface area contributed by atoms with Crippen LogP contribution in [0.4, 0.5) is 0 Å². The Bertz CT molecular complexity index is 894. The first kappa shape index (κ1) is 21.9. The summed E-state index contributed by atoms with van der Waals surface area (Å²) >= 11 is 1.25. The summed E-state index contributed by atoms with van der Waals surface area (Å²) in [6.07, 6.45) is 7.55. The lowest BCUT2D eigenvalue weighted by Crippen LogP contribution is -2.47. The normalized spacial score (nSPS) is 15.8. The van der Waals surface area contributed by atoms with Gasteiger partial charge in [-0.25, -0.2) is 0 Å². The Morgan fingerprint density at radius 2 is 2.07 bits per heavy atom. The van der Waals surface area contributed by atoms with Crippen LogP contribution < -0.4 is 11.1 Å². The lowest BCUT2D eigenvalue weighted by Gasteiger charge is -2.26. The number of nitrogens with zero attached hydrogens (tertiary/aromatic N) is 4. The van der Waals surface area contributed by atoms with E-state index in [-0.39, 0.29) is 18.1 Å². The Labute approximate surface area is 179 Å². The summed E-state index contributed by atoms with van der Waals surface area (Å²) in [5, 5.41) is 21.5. The molecule has 3 N–H and O–H groups in total. The minimum absolute atomic E-state index is 0.121. The fourth-order valence-corrected chi connectivity index (χ4v) is 4.35. The monoisotopic (exact) mass is 430 g/mol. The molecule has 2 aromatic rings. The predicted molar refractivity (Wildman–Crippen MR) is 110 cm³/mol. The van der Waals surface area contributed by atoms with Crippen molar-refractivity contribution in [2.45, 2.75) is 68.6 Å². The van der Waals surface area contributed by atoms with E-state index in [1.54, 1.807) is 12.3 Å². The van der Waals surface area contributed by atoms with E-state index in [2.05, 4.69) is 21.6 Å². The second-order valence-corrected chi connectivity index (χ2v) is 8.42. The number of primary amides is 1. The zero-order valence-corrected chi connectivity index (χ0v) is 17.6. The van der Waals surface area contributed by atoms with Crippen LogP contribution in [0.25, 0.3) is 0 Å². The molecule has 0 saturated heterocycles. The van der Waals surface area contributed by atoms with Crippen LogP contribution in [0, 0.1) is 11.3 Å². The number of thioether (sulfide) groups is 1. The Morgan fingerprint density at radius 1 is 1.30 bits per heavy atom. The molecule has 0 bridgehead atoms. The molecule has 1 aliphatic carbocycles. The highest BCUT2D eigenvalue weighted by atomic mass is 32.2. The molecule has 0 radical (unpaired) electrons. The first-order valence-electron chi connectivity index (χ1n) is 10.1. The molecule has 0 unspecified atom stereocenters. The fraction of sp³-hybridized carbons (Fsp3) is 0.550. The molecule has 1 aliphatic rings. The summed E-state index contributed by atoms with van der Waals surface area (Å²) in [5.74, 6) is 0.819. The highest BCUT2D eigenvalue weighted by Gasteiger charge is 2.32. The van der Waals surface area contributed by atoms with Gasteiger partial charge in [0.05, 0.1) is 24.6 Å². The first-order chi connectivity index (χ1) is 14.5. The first-order valence-corrected chi connectivity index (χ1v) is 11.1. The van der Waals surface area contributed by atoms with E-state index in [0.29, 0.717) is 42.5 Å². The summed E-state index contributed by atoms with van der Waals surface area (Å²) in [6, 6.07) is 5.95. The van der Waals surface area contributed by atoms with Gasteiger partial charge < -0.3 is 15.5 Å². The van der Waals surface area contributed by atoms with Crippen molar-refractivity contribution in [2.24, 2.45) is 5.73 Å². The van der Waals surface area contributed by atoms with Crippen LogP contribution in [0.2, 0.25) is 0 Å². The Kier molecular flexibility index (Phi) is 7.52. The van der Waals surface area contributed by atoms with Gasteiger partial charge in [-0.15, -0.1) is 10.2 Å². The number of aromatic nitrogens is 3. The molecular formula is C20H26N6O3S. The van der Waals surface area contributed by atoms with Gasteiger partial charge in [0.15, 0.2) is 5.16 Å². The third kappa shape index (κ3) is 5.86. The number of hydrogen-bond donors (Lipinski definition) is 2. The van der Waals surface area contributed by atoms with Crippen molar-refractivity contribution in [3.05, 3.63) is 30.0 Å². The maximum absolute atomic E-state index is 12.6. The van der Waals surface area contributed by atoms with E-state index in [0.717, 1.165) is 25.7 Å². The SMILES string of the molecule is N#CC1(NC(=O)CSc2nnc(CCC(N)=O)n2Cc2ccco2)CCCCCC1. The largest absolute Gasteiger partial charge is 0.467 e. The molecule has 1 saturated carbocycles. The third-order valence-electron chi connectivity index (χ3n) is 5.16. The van der Waals surface area contributed by atoms with Gasteiger partial charge in [-0.05, 0) is 25.0 Å². The van der Waals surface area contributed by atoms with E-state index >= 15 is 0 Å². The van der Waals surface area contributed by atoms with E-state index in [4.69, 9.17) is 10.2 Å². The number of rotatable bonds is 9. The van der Waals surface area contributed by atoms with E-state index < -0.39 is 11.4 Å². The number of nitriles is 1. The van der Waals surface area contributed by atoms with Gasteiger partial charge in [0.25, 0.3) is 0 Å². The molecule has 3 rings (SSSR count). The lowest BCUT2D eigenvalue weighted by molar-refractivity contribution is -0.120. The topological polar surface area (TPSA) is 140 Å². The van der Waals surface area contributed by atoms with Crippen molar-refractivity contribution >= 4 is 23.6 Å².